The summed E-state index contributed by atoms with van der Waals surface area (Å²) in [5, 5.41) is 3.84. The molecule has 2 aromatic rings. The Bertz CT molecular complexity index is 737. The van der Waals surface area contributed by atoms with Gasteiger partial charge in [0.25, 0.3) is 0 Å². The van der Waals surface area contributed by atoms with Crippen LogP contribution in [-0.2, 0) is 21.3 Å². The second-order valence-electron chi connectivity index (χ2n) is 5.04. The number of nitrogens with zero attached hydrogens (tertiary/aromatic N) is 1. The number of ether oxygens (including phenoxy) is 1. The molecule has 0 bridgehead atoms. The standard InChI is InChI=1S/C16H19NO4S2/c1-13(18)15-3-5-16(6-4-15)23(19,20)17(8-9-21-2)11-14-7-10-22-12-14/h3-7,10,12H,8-9,11H2,1-2H3. The monoisotopic (exact) mass is 353 g/mol. The summed E-state index contributed by atoms with van der Waals surface area (Å²) in [6, 6.07) is 7.92. The second-order valence-corrected chi connectivity index (χ2v) is 7.76. The van der Waals surface area contributed by atoms with E-state index in [0.717, 1.165) is 5.56 Å². The van der Waals surface area contributed by atoms with Gasteiger partial charge < -0.3 is 4.74 Å². The summed E-state index contributed by atoms with van der Waals surface area (Å²) in [6.07, 6.45) is 0. The molecule has 0 radical (unpaired) electrons. The van der Waals surface area contributed by atoms with Crippen LogP contribution in [0.3, 0.4) is 0 Å². The van der Waals surface area contributed by atoms with Gasteiger partial charge in [0, 0.05) is 25.8 Å². The Morgan fingerprint density at radius 2 is 1.91 bits per heavy atom. The van der Waals surface area contributed by atoms with E-state index >= 15 is 0 Å². The average Bonchev–Trinajstić information content (AvgIpc) is 3.04. The van der Waals surface area contributed by atoms with Crippen LogP contribution in [0.2, 0.25) is 0 Å². The van der Waals surface area contributed by atoms with Gasteiger partial charge in [0.1, 0.15) is 0 Å². The molecule has 0 atom stereocenters. The molecule has 23 heavy (non-hydrogen) atoms. The largest absolute Gasteiger partial charge is 0.383 e. The van der Waals surface area contributed by atoms with Crippen molar-refractivity contribution in [2.45, 2.75) is 18.4 Å². The third kappa shape index (κ3) is 4.48. The maximum Gasteiger partial charge on any atom is 0.243 e. The summed E-state index contributed by atoms with van der Waals surface area (Å²) in [5.41, 5.74) is 1.43. The van der Waals surface area contributed by atoms with Crippen LogP contribution in [0.4, 0.5) is 0 Å². The van der Waals surface area contributed by atoms with E-state index in [0.29, 0.717) is 18.7 Å². The molecule has 7 heteroatoms. The van der Waals surface area contributed by atoms with E-state index in [-0.39, 0.29) is 17.2 Å². The molecular formula is C16H19NO4S2. The minimum Gasteiger partial charge on any atom is -0.383 e. The van der Waals surface area contributed by atoms with Crippen LogP contribution in [0.15, 0.2) is 46.0 Å². The first-order chi connectivity index (χ1) is 10.9. The number of benzene rings is 1. The first-order valence-electron chi connectivity index (χ1n) is 7.06. The average molecular weight is 353 g/mol. The van der Waals surface area contributed by atoms with Crippen molar-refractivity contribution in [1.29, 1.82) is 0 Å². The quantitative estimate of drug-likeness (QED) is 0.685. The highest BCUT2D eigenvalue weighted by Gasteiger charge is 2.24. The molecular weight excluding hydrogens is 334 g/mol. The molecule has 0 aliphatic heterocycles. The zero-order chi connectivity index (χ0) is 16.9. The summed E-state index contributed by atoms with van der Waals surface area (Å²) in [4.78, 5) is 11.5. The van der Waals surface area contributed by atoms with Gasteiger partial charge in [0.15, 0.2) is 5.78 Å². The number of methoxy groups -OCH3 is 1. The SMILES string of the molecule is COCCN(Cc1ccsc1)S(=O)(=O)c1ccc(C(C)=O)cc1. The van der Waals surface area contributed by atoms with E-state index in [1.54, 1.807) is 0 Å². The number of rotatable bonds is 8. The Morgan fingerprint density at radius 1 is 1.22 bits per heavy atom. The Kier molecular flexibility index (Phi) is 6.06. The highest BCUT2D eigenvalue weighted by Crippen LogP contribution is 2.20. The van der Waals surface area contributed by atoms with Gasteiger partial charge >= 0.3 is 0 Å². The molecule has 2 rings (SSSR count). The van der Waals surface area contributed by atoms with Crippen molar-refractivity contribution < 1.29 is 17.9 Å². The Balaban J connectivity index is 2.28. The van der Waals surface area contributed by atoms with Crippen molar-refractivity contribution in [3.63, 3.8) is 0 Å². The van der Waals surface area contributed by atoms with Crippen molar-refractivity contribution in [2.75, 3.05) is 20.3 Å². The predicted molar refractivity (Wildman–Crippen MR) is 90.2 cm³/mol. The third-order valence-corrected chi connectivity index (χ3v) is 5.97. The molecule has 1 aromatic heterocycles. The van der Waals surface area contributed by atoms with E-state index in [9.17, 15) is 13.2 Å². The molecule has 0 saturated carbocycles. The number of thiophene rings is 1. The Hall–Kier alpha value is -1.54. The fraction of sp³-hybridized carbons (Fsp3) is 0.312. The van der Waals surface area contributed by atoms with Crippen LogP contribution in [0.5, 0.6) is 0 Å². The summed E-state index contributed by atoms with van der Waals surface area (Å²) in [5.74, 6) is -0.0940. The Labute approximate surface area is 140 Å². The maximum absolute atomic E-state index is 12.8. The topological polar surface area (TPSA) is 63.7 Å². The lowest BCUT2D eigenvalue weighted by Gasteiger charge is -2.21. The summed E-state index contributed by atoms with van der Waals surface area (Å²) < 4.78 is 32.1. The third-order valence-electron chi connectivity index (χ3n) is 3.38. The molecule has 0 N–H and O–H groups in total. The minimum atomic E-state index is -3.65. The zero-order valence-corrected chi connectivity index (χ0v) is 14.7. The number of hydrogen-bond acceptors (Lipinski definition) is 5. The van der Waals surface area contributed by atoms with E-state index in [1.165, 1.54) is 53.9 Å². The first kappa shape index (κ1) is 17.8. The lowest BCUT2D eigenvalue weighted by molar-refractivity contribution is 0.101. The van der Waals surface area contributed by atoms with Gasteiger partial charge in [0.2, 0.25) is 10.0 Å². The fourth-order valence-electron chi connectivity index (χ4n) is 2.07. The van der Waals surface area contributed by atoms with Gasteiger partial charge in [-0.3, -0.25) is 4.79 Å². The fourth-order valence-corrected chi connectivity index (χ4v) is 4.15. The molecule has 0 aliphatic rings. The van der Waals surface area contributed by atoms with Gasteiger partial charge in [-0.15, -0.1) is 0 Å². The van der Waals surface area contributed by atoms with Crippen LogP contribution in [-0.4, -0.2) is 38.8 Å². The van der Waals surface area contributed by atoms with Crippen LogP contribution in [0.25, 0.3) is 0 Å². The van der Waals surface area contributed by atoms with E-state index in [1.807, 2.05) is 16.8 Å². The lowest BCUT2D eigenvalue weighted by Crippen LogP contribution is -2.33. The summed E-state index contributed by atoms with van der Waals surface area (Å²) in [7, 11) is -2.11. The van der Waals surface area contributed by atoms with Gasteiger partial charge in [-0.25, -0.2) is 8.42 Å². The molecule has 0 unspecified atom stereocenters. The maximum atomic E-state index is 12.8. The van der Waals surface area contributed by atoms with Crippen LogP contribution < -0.4 is 0 Å². The van der Waals surface area contributed by atoms with E-state index in [4.69, 9.17) is 4.74 Å². The lowest BCUT2D eigenvalue weighted by atomic mass is 10.2. The second kappa shape index (κ2) is 7.83. The van der Waals surface area contributed by atoms with Crippen LogP contribution >= 0.6 is 11.3 Å². The molecule has 1 aromatic carbocycles. The smallest absolute Gasteiger partial charge is 0.243 e. The van der Waals surface area contributed by atoms with Crippen molar-refractivity contribution in [3.8, 4) is 0 Å². The number of hydrogen-bond donors (Lipinski definition) is 0. The summed E-state index contributed by atoms with van der Waals surface area (Å²) >= 11 is 1.53. The zero-order valence-electron chi connectivity index (χ0n) is 13.1. The number of ketones is 1. The number of Topliss-reactive ketones (excluding diaryl/α,β-unsaturated/α-hetero) is 1. The Morgan fingerprint density at radius 3 is 2.43 bits per heavy atom. The molecule has 0 saturated heterocycles. The predicted octanol–water partition coefficient (Wildman–Crippen LogP) is 2.79. The number of carbonyl (C=O) groups excluding carboxylic acids is 1. The van der Waals surface area contributed by atoms with Gasteiger partial charge in [-0.05, 0) is 41.4 Å². The summed E-state index contributed by atoms with van der Waals surface area (Å²) in [6.45, 7) is 2.33. The minimum absolute atomic E-state index is 0.0940. The molecule has 0 amide bonds. The van der Waals surface area contributed by atoms with Crippen molar-refractivity contribution in [1.82, 2.24) is 4.31 Å². The van der Waals surface area contributed by atoms with Crippen molar-refractivity contribution in [2.24, 2.45) is 0 Å². The van der Waals surface area contributed by atoms with Crippen molar-refractivity contribution in [3.05, 3.63) is 52.2 Å². The molecule has 1 heterocycles. The first-order valence-corrected chi connectivity index (χ1v) is 9.44. The molecule has 0 fully saturated rings. The molecule has 124 valence electrons. The van der Waals surface area contributed by atoms with Crippen LogP contribution in [0, 0.1) is 0 Å². The number of carbonyl (C=O) groups is 1. The highest BCUT2D eigenvalue weighted by atomic mass is 32.2. The molecule has 0 aliphatic carbocycles. The van der Waals surface area contributed by atoms with E-state index < -0.39 is 10.0 Å². The van der Waals surface area contributed by atoms with Crippen LogP contribution in [0.1, 0.15) is 22.8 Å². The van der Waals surface area contributed by atoms with Gasteiger partial charge in [-0.2, -0.15) is 15.6 Å². The molecule has 5 nitrogen and oxygen atoms in total. The highest BCUT2D eigenvalue weighted by molar-refractivity contribution is 7.89. The normalized spacial score (nSPS) is 11.8. The van der Waals surface area contributed by atoms with Gasteiger partial charge in [0.05, 0.1) is 11.5 Å². The number of sulfonamides is 1. The molecule has 0 spiro atoms. The van der Waals surface area contributed by atoms with Gasteiger partial charge in [-0.1, -0.05) is 12.1 Å². The van der Waals surface area contributed by atoms with Crippen molar-refractivity contribution >= 4 is 27.1 Å². The van der Waals surface area contributed by atoms with E-state index in [2.05, 4.69) is 0 Å².